The zero-order chi connectivity index (χ0) is 14.8. The first-order valence-electron chi connectivity index (χ1n) is 6.20. The molecule has 2 aromatic carbocycles. The molecule has 106 valence electrons. The van der Waals surface area contributed by atoms with Crippen LogP contribution in [0.2, 0.25) is 0 Å². The van der Waals surface area contributed by atoms with Crippen molar-refractivity contribution < 1.29 is 23.0 Å². The zero-order valence-corrected chi connectivity index (χ0v) is 10.8. The van der Waals surface area contributed by atoms with Crippen LogP contribution in [0.25, 0.3) is 6.08 Å². The van der Waals surface area contributed by atoms with Gasteiger partial charge >= 0.3 is 0 Å². The van der Waals surface area contributed by atoms with Gasteiger partial charge in [-0.15, -0.1) is 0 Å². The fourth-order valence-electron chi connectivity index (χ4n) is 1.95. The molecule has 0 saturated heterocycles. The van der Waals surface area contributed by atoms with E-state index in [1.807, 2.05) is 0 Å². The molecule has 0 fully saturated rings. The summed E-state index contributed by atoms with van der Waals surface area (Å²) in [6, 6.07) is 7.83. The predicted octanol–water partition coefficient (Wildman–Crippen LogP) is 3.59. The minimum Gasteiger partial charge on any atom is -0.454 e. The smallest absolute Gasteiger partial charge is 0.231 e. The van der Waals surface area contributed by atoms with Crippen molar-refractivity contribution in [3.63, 3.8) is 0 Å². The molecule has 0 radical (unpaired) electrons. The van der Waals surface area contributed by atoms with Crippen LogP contribution in [0.1, 0.15) is 15.9 Å². The maximum absolute atomic E-state index is 13.4. The van der Waals surface area contributed by atoms with Gasteiger partial charge in [0.15, 0.2) is 17.3 Å². The van der Waals surface area contributed by atoms with Crippen LogP contribution in [0.15, 0.2) is 42.5 Å². The van der Waals surface area contributed by atoms with Crippen molar-refractivity contribution >= 4 is 11.9 Å². The third-order valence-electron chi connectivity index (χ3n) is 3.03. The van der Waals surface area contributed by atoms with E-state index in [4.69, 9.17) is 9.47 Å². The van der Waals surface area contributed by atoms with Crippen LogP contribution >= 0.6 is 0 Å². The first-order chi connectivity index (χ1) is 10.1. The van der Waals surface area contributed by atoms with Gasteiger partial charge in [-0.2, -0.15) is 0 Å². The van der Waals surface area contributed by atoms with Gasteiger partial charge in [-0.1, -0.05) is 0 Å². The van der Waals surface area contributed by atoms with E-state index in [0.29, 0.717) is 17.1 Å². The van der Waals surface area contributed by atoms with Crippen LogP contribution in [-0.2, 0) is 0 Å². The molecule has 0 atom stereocenters. The molecule has 21 heavy (non-hydrogen) atoms. The van der Waals surface area contributed by atoms with Crippen molar-refractivity contribution in [2.75, 3.05) is 6.79 Å². The second kappa shape index (κ2) is 5.36. The molecular weight excluding hydrogens is 278 g/mol. The van der Waals surface area contributed by atoms with Crippen LogP contribution in [0.4, 0.5) is 8.78 Å². The summed E-state index contributed by atoms with van der Waals surface area (Å²) in [5.41, 5.74) is 0.399. The molecule has 0 unspecified atom stereocenters. The summed E-state index contributed by atoms with van der Waals surface area (Å²) in [5.74, 6) is -0.424. The number of allylic oxidation sites excluding steroid dienone is 1. The molecule has 1 aliphatic heterocycles. The number of ketones is 1. The molecule has 0 bridgehead atoms. The summed E-state index contributed by atoms with van der Waals surface area (Å²) >= 11 is 0. The van der Waals surface area contributed by atoms with Gasteiger partial charge in [0.2, 0.25) is 6.79 Å². The van der Waals surface area contributed by atoms with Crippen molar-refractivity contribution in [2.24, 2.45) is 0 Å². The summed E-state index contributed by atoms with van der Waals surface area (Å²) in [6.07, 6.45) is 2.43. The first-order valence-corrected chi connectivity index (χ1v) is 6.20. The summed E-state index contributed by atoms with van der Waals surface area (Å²) < 4.78 is 36.8. The van der Waals surface area contributed by atoms with Gasteiger partial charge < -0.3 is 9.47 Å². The minimum absolute atomic E-state index is 0.0177. The Morgan fingerprint density at radius 1 is 1.05 bits per heavy atom. The van der Waals surface area contributed by atoms with Crippen LogP contribution < -0.4 is 9.47 Å². The Bertz CT molecular complexity index is 738. The Kier molecular flexibility index (Phi) is 3.39. The van der Waals surface area contributed by atoms with Gasteiger partial charge in [-0.3, -0.25) is 4.79 Å². The fourth-order valence-corrected chi connectivity index (χ4v) is 1.95. The highest BCUT2D eigenvalue weighted by Gasteiger charge is 2.15. The van der Waals surface area contributed by atoms with Gasteiger partial charge in [0.05, 0.1) is 0 Å². The summed E-state index contributed by atoms with van der Waals surface area (Å²) in [7, 11) is 0. The van der Waals surface area contributed by atoms with Crippen LogP contribution in [0, 0.1) is 11.6 Å². The second-order valence-corrected chi connectivity index (χ2v) is 4.43. The third-order valence-corrected chi connectivity index (χ3v) is 3.03. The van der Waals surface area contributed by atoms with Crippen molar-refractivity contribution in [1.82, 2.24) is 0 Å². The number of hydrogen-bond acceptors (Lipinski definition) is 3. The van der Waals surface area contributed by atoms with Crippen LogP contribution in [0.5, 0.6) is 11.5 Å². The molecule has 0 saturated carbocycles. The standard InChI is InChI=1S/C16H10F2O3/c17-12-3-4-13(18)10(7-12)1-5-14(19)11-2-6-15-16(8-11)21-9-20-15/h1-8H,9H2/b5-1+. The highest BCUT2D eigenvalue weighted by atomic mass is 19.1. The summed E-state index contributed by atoms with van der Waals surface area (Å²) in [5, 5.41) is 0. The molecule has 0 aromatic heterocycles. The Morgan fingerprint density at radius 3 is 2.71 bits per heavy atom. The van der Waals surface area contributed by atoms with Crippen LogP contribution in [-0.4, -0.2) is 12.6 Å². The van der Waals surface area contributed by atoms with E-state index < -0.39 is 11.6 Å². The van der Waals surface area contributed by atoms with Crippen molar-refractivity contribution in [3.8, 4) is 11.5 Å². The molecule has 1 heterocycles. The maximum atomic E-state index is 13.4. The highest BCUT2D eigenvalue weighted by Crippen LogP contribution is 2.32. The Hall–Kier alpha value is -2.69. The Morgan fingerprint density at radius 2 is 1.86 bits per heavy atom. The lowest BCUT2D eigenvalue weighted by atomic mass is 10.1. The van der Waals surface area contributed by atoms with Crippen LogP contribution in [0.3, 0.4) is 0 Å². The number of fused-ring (bicyclic) bond motifs is 1. The van der Waals surface area contributed by atoms with Gasteiger partial charge in [0, 0.05) is 11.1 Å². The molecule has 0 spiro atoms. The lowest BCUT2D eigenvalue weighted by molar-refractivity contribution is 0.104. The first kappa shape index (κ1) is 13.3. The SMILES string of the molecule is O=C(/C=C/c1cc(F)ccc1F)c1ccc2c(c1)OCO2. The van der Waals surface area contributed by atoms with E-state index in [-0.39, 0.29) is 18.1 Å². The number of carbonyl (C=O) groups is 1. The average Bonchev–Trinajstić information content (AvgIpc) is 2.95. The van der Waals surface area contributed by atoms with E-state index in [9.17, 15) is 13.6 Å². The fraction of sp³-hybridized carbons (Fsp3) is 0.0625. The Labute approximate surface area is 119 Å². The summed E-state index contributed by atoms with van der Waals surface area (Å²) in [6.45, 7) is 0.122. The molecule has 5 heteroatoms. The molecule has 3 rings (SSSR count). The van der Waals surface area contributed by atoms with Gasteiger partial charge in [0.25, 0.3) is 0 Å². The summed E-state index contributed by atoms with van der Waals surface area (Å²) in [4.78, 5) is 12.0. The van der Waals surface area contributed by atoms with E-state index in [2.05, 4.69) is 0 Å². The monoisotopic (exact) mass is 288 g/mol. The Balaban J connectivity index is 1.83. The number of carbonyl (C=O) groups excluding carboxylic acids is 1. The molecule has 0 aliphatic carbocycles. The number of rotatable bonds is 3. The van der Waals surface area contributed by atoms with Crippen molar-refractivity contribution in [3.05, 3.63) is 65.2 Å². The number of hydrogen-bond donors (Lipinski definition) is 0. The lowest BCUT2D eigenvalue weighted by Crippen LogP contribution is -1.95. The number of benzene rings is 2. The maximum Gasteiger partial charge on any atom is 0.231 e. The highest BCUT2D eigenvalue weighted by molar-refractivity contribution is 6.07. The topological polar surface area (TPSA) is 35.5 Å². The largest absolute Gasteiger partial charge is 0.454 e. The molecule has 3 nitrogen and oxygen atoms in total. The minimum atomic E-state index is -0.592. The van der Waals surface area contributed by atoms with Gasteiger partial charge in [-0.25, -0.2) is 8.78 Å². The molecule has 2 aromatic rings. The van der Waals surface area contributed by atoms with E-state index in [1.54, 1.807) is 18.2 Å². The number of ether oxygens (including phenoxy) is 2. The van der Waals surface area contributed by atoms with E-state index >= 15 is 0 Å². The van der Waals surface area contributed by atoms with Crippen molar-refractivity contribution in [2.45, 2.75) is 0 Å². The zero-order valence-electron chi connectivity index (χ0n) is 10.8. The lowest BCUT2D eigenvalue weighted by Gasteiger charge is -2.00. The van der Waals surface area contributed by atoms with Gasteiger partial charge in [0.1, 0.15) is 11.6 Å². The second-order valence-electron chi connectivity index (χ2n) is 4.43. The molecule has 0 amide bonds. The van der Waals surface area contributed by atoms with Crippen molar-refractivity contribution in [1.29, 1.82) is 0 Å². The third kappa shape index (κ3) is 2.76. The quantitative estimate of drug-likeness (QED) is 0.639. The average molecular weight is 288 g/mol. The van der Waals surface area contributed by atoms with E-state index in [0.717, 1.165) is 18.2 Å². The molecule has 0 N–H and O–H groups in total. The molecular formula is C16H10F2O3. The van der Waals surface area contributed by atoms with Gasteiger partial charge in [-0.05, 0) is 48.6 Å². The normalized spacial score (nSPS) is 12.9. The predicted molar refractivity (Wildman–Crippen MR) is 72.3 cm³/mol. The number of halogens is 2. The molecule has 1 aliphatic rings. The van der Waals surface area contributed by atoms with E-state index in [1.165, 1.54) is 12.2 Å².